The van der Waals surface area contributed by atoms with Crippen molar-refractivity contribution in [1.29, 1.82) is 0 Å². The van der Waals surface area contributed by atoms with Crippen molar-refractivity contribution in [3.8, 4) is 44.5 Å². The van der Waals surface area contributed by atoms with E-state index in [4.69, 9.17) is 0 Å². The summed E-state index contributed by atoms with van der Waals surface area (Å²) >= 11 is 0. The van der Waals surface area contributed by atoms with E-state index in [0.717, 1.165) is 5.52 Å². The molecule has 0 aliphatic carbocycles. The molecule has 0 aliphatic heterocycles. The van der Waals surface area contributed by atoms with Gasteiger partial charge in [-0.25, -0.2) is 0 Å². The van der Waals surface area contributed by atoms with Crippen LogP contribution in [0.2, 0.25) is 0 Å². The van der Waals surface area contributed by atoms with E-state index in [1.807, 2.05) is 0 Å². The SMILES string of the molecule is Cn1c2ccccc2c2cccc(-c3cccc4c(-c5cc(-c6ccccc6)c6ccccc6c5)c5cccc(-c6cccc7c6[nH]c6ccccc67)c5cc34)c21. The molecule has 0 unspecified atom stereocenters. The highest BCUT2D eigenvalue weighted by atomic mass is 14.9. The van der Waals surface area contributed by atoms with E-state index in [2.05, 4.69) is 211 Å². The van der Waals surface area contributed by atoms with Crippen molar-refractivity contribution in [2.24, 2.45) is 7.05 Å². The normalized spacial score (nSPS) is 11.9. The van der Waals surface area contributed by atoms with Gasteiger partial charge in [-0.2, -0.15) is 0 Å². The lowest BCUT2D eigenvalue weighted by Gasteiger charge is -2.19. The fourth-order valence-corrected chi connectivity index (χ4v) is 9.81. The number of hydrogen-bond acceptors (Lipinski definition) is 0. The standard InChI is InChI=1S/C55H36N2/c1-57-52-30-10-8-20-41(52)47-28-14-27-46(55(47)57)39-22-12-24-43-50(39)33-49-38(44-25-13-26-45-40-19-7-9-29-51(40)56-54(44)45)21-11-23-42(49)53(43)36-31-35-17-5-6-18-37(35)48(32-36)34-15-3-2-4-16-34/h2-33,56H,1H3. The highest BCUT2D eigenvalue weighted by Crippen LogP contribution is 2.47. The third kappa shape index (κ3) is 4.71. The number of aromatic nitrogens is 2. The first-order chi connectivity index (χ1) is 28.2. The zero-order chi connectivity index (χ0) is 37.6. The molecular formula is C55H36N2. The summed E-state index contributed by atoms with van der Waals surface area (Å²) in [5, 5.41) is 12.5. The molecule has 0 bridgehead atoms. The largest absolute Gasteiger partial charge is 0.354 e. The molecule has 0 fully saturated rings. The van der Waals surface area contributed by atoms with Gasteiger partial charge in [-0.15, -0.1) is 0 Å². The molecule has 2 heteroatoms. The van der Waals surface area contributed by atoms with Gasteiger partial charge in [-0.05, 0) is 96.0 Å². The number of aryl methyl sites for hydroxylation is 1. The quantitative estimate of drug-likeness (QED) is 0.175. The minimum Gasteiger partial charge on any atom is -0.354 e. The van der Waals surface area contributed by atoms with Crippen LogP contribution >= 0.6 is 0 Å². The van der Waals surface area contributed by atoms with Crippen molar-refractivity contribution in [2.45, 2.75) is 0 Å². The first-order valence-corrected chi connectivity index (χ1v) is 19.7. The van der Waals surface area contributed by atoms with Crippen LogP contribution in [0.1, 0.15) is 0 Å². The van der Waals surface area contributed by atoms with E-state index in [9.17, 15) is 0 Å². The van der Waals surface area contributed by atoms with Crippen molar-refractivity contribution in [2.75, 3.05) is 0 Å². The summed E-state index contributed by atoms with van der Waals surface area (Å²) in [4.78, 5) is 3.81. The van der Waals surface area contributed by atoms with Crippen molar-refractivity contribution in [3.05, 3.63) is 194 Å². The highest BCUT2D eigenvalue weighted by molar-refractivity contribution is 6.23. The molecular weight excluding hydrogens is 689 g/mol. The molecule has 0 aliphatic rings. The molecule has 0 atom stereocenters. The maximum atomic E-state index is 3.81. The summed E-state index contributed by atoms with van der Waals surface area (Å²) in [6.07, 6.45) is 0. The number of benzene rings is 10. The average molecular weight is 725 g/mol. The average Bonchev–Trinajstić information content (AvgIpc) is 3.80. The van der Waals surface area contributed by atoms with Crippen LogP contribution in [0.3, 0.4) is 0 Å². The Morgan fingerprint density at radius 1 is 0.351 bits per heavy atom. The van der Waals surface area contributed by atoms with Gasteiger partial charge in [0.05, 0.1) is 11.0 Å². The molecule has 266 valence electrons. The summed E-state index contributed by atoms with van der Waals surface area (Å²) in [5.74, 6) is 0. The van der Waals surface area contributed by atoms with Crippen molar-refractivity contribution < 1.29 is 0 Å². The topological polar surface area (TPSA) is 20.7 Å². The van der Waals surface area contributed by atoms with Gasteiger partial charge in [0.25, 0.3) is 0 Å². The number of aromatic amines is 1. The van der Waals surface area contributed by atoms with Gasteiger partial charge in [0.2, 0.25) is 0 Å². The highest BCUT2D eigenvalue weighted by Gasteiger charge is 2.21. The summed E-state index contributed by atoms with van der Waals surface area (Å²) in [6, 6.07) is 71.7. The molecule has 2 heterocycles. The minimum absolute atomic E-state index is 1.15. The molecule has 57 heavy (non-hydrogen) atoms. The number of hydrogen-bond donors (Lipinski definition) is 1. The Morgan fingerprint density at radius 3 is 1.72 bits per heavy atom. The van der Waals surface area contributed by atoms with Gasteiger partial charge in [-0.3, -0.25) is 0 Å². The molecule has 0 radical (unpaired) electrons. The second-order valence-corrected chi connectivity index (χ2v) is 15.3. The molecule has 0 spiro atoms. The Labute approximate surface area is 329 Å². The van der Waals surface area contributed by atoms with E-state index in [-0.39, 0.29) is 0 Å². The van der Waals surface area contributed by atoms with Crippen LogP contribution < -0.4 is 0 Å². The van der Waals surface area contributed by atoms with Crippen LogP contribution in [0.5, 0.6) is 0 Å². The predicted octanol–water partition coefficient (Wildman–Crippen LogP) is 15.1. The molecule has 12 rings (SSSR count). The maximum absolute atomic E-state index is 3.81. The minimum atomic E-state index is 1.15. The van der Waals surface area contributed by atoms with E-state index < -0.39 is 0 Å². The van der Waals surface area contributed by atoms with Crippen LogP contribution in [0, 0.1) is 0 Å². The third-order valence-corrected chi connectivity index (χ3v) is 12.3. The maximum Gasteiger partial charge on any atom is 0.0568 e. The molecule has 2 aromatic heterocycles. The van der Waals surface area contributed by atoms with Crippen LogP contribution in [-0.2, 0) is 7.05 Å². The summed E-state index contributed by atoms with van der Waals surface area (Å²) < 4.78 is 2.37. The lowest BCUT2D eigenvalue weighted by Crippen LogP contribution is -1.94. The van der Waals surface area contributed by atoms with Gasteiger partial charge in [0.15, 0.2) is 0 Å². The van der Waals surface area contributed by atoms with E-state index >= 15 is 0 Å². The fraction of sp³-hybridized carbons (Fsp3) is 0.0182. The van der Waals surface area contributed by atoms with Gasteiger partial charge < -0.3 is 9.55 Å². The van der Waals surface area contributed by atoms with Crippen LogP contribution in [0.25, 0.3) is 120 Å². The van der Waals surface area contributed by atoms with Gasteiger partial charge in [0.1, 0.15) is 0 Å². The van der Waals surface area contributed by atoms with Gasteiger partial charge >= 0.3 is 0 Å². The zero-order valence-corrected chi connectivity index (χ0v) is 31.4. The summed E-state index contributed by atoms with van der Waals surface area (Å²) in [5.41, 5.74) is 14.6. The van der Waals surface area contributed by atoms with E-state index in [1.54, 1.807) is 0 Å². The number of rotatable bonds is 4. The molecule has 2 nitrogen and oxygen atoms in total. The Kier molecular flexibility index (Phi) is 6.88. The molecule has 12 aromatic rings. The predicted molar refractivity (Wildman–Crippen MR) is 244 cm³/mol. The fourth-order valence-electron chi connectivity index (χ4n) is 9.81. The van der Waals surface area contributed by atoms with Crippen molar-refractivity contribution >= 4 is 75.9 Å². The number of nitrogens with one attached hydrogen (secondary N) is 1. The Hall–Kier alpha value is -7.42. The summed E-state index contributed by atoms with van der Waals surface area (Å²) in [7, 11) is 2.21. The first kappa shape index (κ1) is 31.9. The second kappa shape index (κ2) is 12.3. The van der Waals surface area contributed by atoms with Crippen LogP contribution in [0.4, 0.5) is 0 Å². The van der Waals surface area contributed by atoms with E-state index in [1.165, 1.54) is 115 Å². The van der Waals surface area contributed by atoms with Crippen molar-refractivity contribution in [3.63, 3.8) is 0 Å². The molecule has 0 saturated carbocycles. The number of fused-ring (bicyclic) bond motifs is 9. The monoisotopic (exact) mass is 724 g/mol. The van der Waals surface area contributed by atoms with Gasteiger partial charge in [0, 0.05) is 50.8 Å². The number of para-hydroxylation sites is 4. The van der Waals surface area contributed by atoms with E-state index in [0.29, 0.717) is 0 Å². The Bertz CT molecular complexity index is 3580. The molecule has 1 N–H and O–H groups in total. The number of nitrogens with zero attached hydrogens (tertiary/aromatic N) is 1. The molecule has 0 amide bonds. The Morgan fingerprint density at radius 2 is 0.930 bits per heavy atom. The molecule has 10 aromatic carbocycles. The zero-order valence-electron chi connectivity index (χ0n) is 31.4. The molecule has 0 saturated heterocycles. The Balaban J connectivity index is 1.24. The summed E-state index contributed by atoms with van der Waals surface area (Å²) in [6.45, 7) is 0. The lowest BCUT2D eigenvalue weighted by molar-refractivity contribution is 1.02. The van der Waals surface area contributed by atoms with Crippen molar-refractivity contribution in [1.82, 2.24) is 9.55 Å². The van der Waals surface area contributed by atoms with Gasteiger partial charge in [-0.1, -0.05) is 164 Å². The first-order valence-electron chi connectivity index (χ1n) is 19.7. The van der Waals surface area contributed by atoms with Crippen LogP contribution in [-0.4, -0.2) is 9.55 Å². The third-order valence-electron chi connectivity index (χ3n) is 12.3. The lowest BCUT2D eigenvalue weighted by atomic mass is 9.84. The second-order valence-electron chi connectivity index (χ2n) is 15.3. The smallest absolute Gasteiger partial charge is 0.0568 e. The van der Waals surface area contributed by atoms with Crippen LogP contribution in [0.15, 0.2) is 194 Å². The number of H-pyrrole nitrogens is 1.